The SMILES string of the molecule is CCN(CC)CCN(C(=O)CCCS(=O)(=O)c1ccccc1)c1nc2ccc(SC)cc2s1. The summed E-state index contributed by atoms with van der Waals surface area (Å²) >= 11 is 3.18. The van der Waals surface area contributed by atoms with Gasteiger partial charge in [0.15, 0.2) is 15.0 Å². The molecule has 0 spiro atoms. The molecule has 0 aliphatic heterocycles. The van der Waals surface area contributed by atoms with Gasteiger partial charge >= 0.3 is 0 Å². The van der Waals surface area contributed by atoms with E-state index < -0.39 is 9.84 Å². The predicted octanol–water partition coefficient (Wildman–Crippen LogP) is 4.95. The van der Waals surface area contributed by atoms with Crippen molar-refractivity contribution in [1.29, 1.82) is 0 Å². The number of rotatable bonds is 12. The fraction of sp³-hybridized carbons (Fsp3) is 0.417. The van der Waals surface area contributed by atoms with Crippen LogP contribution in [0.3, 0.4) is 0 Å². The first-order valence-electron chi connectivity index (χ1n) is 11.1. The maximum absolute atomic E-state index is 13.2. The Labute approximate surface area is 204 Å². The van der Waals surface area contributed by atoms with Gasteiger partial charge in [-0.05, 0) is 56.1 Å². The molecule has 0 aliphatic rings. The molecule has 0 saturated heterocycles. The third kappa shape index (κ3) is 6.79. The van der Waals surface area contributed by atoms with Crippen molar-refractivity contribution >= 4 is 54.2 Å². The highest BCUT2D eigenvalue weighted by atomic mass is 32.2. The lowest BCUT2D eigenvalue weighted by Crippen LogP contribution is -2.38. The first-order valence-corrected chi connectivity index (χ1v) is 14.8. The molecule has 178 valence electrons. The van der Waals surface area contributed by atoms with Crippen LogP contribution in [0.15, 0.2) is 58.3 Å². The van der Waals surface area contributed by atoms with Crippen LogP contribution in [-0.4, -0.2) is 62.4 Å². The summed E-state index contributed by atoms with van der Waals surface area (Å²) < 4.78 is 26.2. The van der Waals surface area contributed by atoms with Crippen LogP contribution in [0.2, 0.25) is 0 Å². The summed E-state index contributed by atoms with van der Waals surface area (Å²) in [5.74, 6) is -0.140. The molecule has 6 nitrogen and oxygen atoms in total. The molecule has 1 amide bonds. The number of carbonyl (C=O) groups is 1. The highest BCUT2D eigenvalue weighted by Gasteiger charge is 2.22. The van der Waals surface area contributed by atoms with Crippen molar-refractivity contribution in [1.82, 2.24) is 9.88 Å². The van der Waals surface area contributed by atoms with Gasteiger partial charge in [-0.1, -0.05) is 43.4 Å². The molecular weight excluding hydrogens is 474 g/mol. The van der Waals surface area contributed by atoms with Crippen LogP contribution in [0.5, 0.6) is 0 Å². The van der Waals surface area contributed by atoms with E-state index in [1.165, 1.54) is 11.3 Å². The highest BCUT2D eigenvalue weighted by Crippen LogP contribution is 2.32. The largest absolute Gasteiger partial charge is 0.302 e. The summed E-state index contributed by atoms with van der Waals surface area (Å²) in [6.45, 7) is 7.29. The van der Waals surface area contributed by atoms with Crippen LogP contribution < -0.4 is 4.90 Å². The molecule has 9 heteroatoms. The van der Waals surface area contributed by atoms with Crippen molar-refractivity contribution in [3.63, 3.8) is 0 Å². The lowest BCUT2D eigenvalue weighted by atomic mass is 10.3. The number of benzene rings is 2. The second kappa shape index (κ2) is 12.0. The van der Waals surface area contributed by atoms with Crippen molar-refractivity contribution in [2.75, 3.05) is 43.1 Å². The van der Waals surface area contributed by atoms with Crippen LogP contribution in [0.1, 0.15) is 26.7 Å². The quantitative estimate of drug-likeness (QED) is 0.325. The summed E-state index contributed by atoms with van der Waals surface area (Å²) in [6, 6.07) is 14.5. The van der Waals surface area contributed by atoms with E-state index in [4.69, 9.17) is 4.98 Å². The molecule has 3 aromatic rings. The van der Waals surface area contributed by atoms with Crippen molar-refractivity contribution in [2.24, 2.45) is 0 Å². The van der Waals surface area contributed by atoms with E-state index in [0.29, 0.717) is 16.6 Å². The first kappa shape index (κ1) is 25.7. The smallest absolute Gasteiger partial charge is 0.228 e. The molecule has 0 atom stereocenters. The molecule has 33 heavy (non-hydrogen) atoms. The lowest BCUT2D eigenvalue weighted by molar-refractivity contribution is -0.118. The van der Waals surface area contributed by atoms with E-state index in [1.54, 1.807) is 47.0 Å². The molecule has 0 N–H and O–H groups in total. The summed E-state index contributed by atoms with van der Waals surface area (Å²) in [5.41, 5.74) is 0.875. The van der Waals surface area contributed by atoms with Gasteiger partial charge in [-0.15, -0.1) is 11.8 Å². The minimum atomic E-state index is -3.40. The van der Waals surface area contributed by atoms with Gasteiger partial charge < -0.3 is 4.90 Å². The minimum absolute atomic E-state index is 0.0520. The van der Waals surface area contributed by atoms with Crippen molar-refractivity contribution < 1.29 is 13.2 Å². The Morgan fingerprint density at radius 2 is 1.79 bits per heavy atom. The Hall–Kier alpha value is -1.94. The monoisotopic (exact) mass is 505 g/mol. The number of amides is 1. The first-order chi connectivity index (χ1) is 15.9. The van der Waals surface area contributed by atoms with E-state index in [9.17, 15) is 13.2 Å². The van der Waals surface area contributed by atoms with Gasteiger partial charge in [-0.25, -0.2) is 13.4 Å². The zero-order valence-electron chi connectivity index (χ0n) is 19.4. The number of likely N-dealkylation sites (N-methyl/N-ethyl adjacent to an activating group) is 1. The third-order valence-corrected chi connectivity index (χ3v) is 9.14. The average molecular weight is 506 g/mol. The average Bonchev–Trinajstić information content (AvgIpc) is 3.25. The number of sulfone groups is 1. The lowest BCUT2D eigenvalue weighted by Gasteiger charge is -2.24. The fourth-order valence-corrected chi connectivity index (χ4v) is 6.43. The minimum Gasteiger partial charge on any atom is -0.302 e. The Bertz CT molecular complexity index is 1160. The number of carbonyl (C=O) groups excluding carboxylic acids is 1. The van der Waals surface area contributed by atoms with Gasteiger partial charge in [-0.2, -0.15) is 0 Å². The standard InChI is InChI=1S/C24H31N3O3S3/c1-4-26(5-2)15-16-27(24-25-21-14-13-19(31-3)18-22(21)32-24)23(28)12-9-17-33(29,30)20-10-7-6-8-11-20/h6-8,10-11,13-14,18H,4-5,9,12,15-17H2,1-3H3. The van der Waals surface area contributed by atoms with E-state index in [-0.39, 0.29) is 24.5 Å². The fourth-order valence-electron chi connectivity index (χ4n) is 3.54. The van der Waals surface area contributed by atoms with Gasteiger partial charge in [0, 0.05) is 24.4 Å². The Morgan fingerprint density at radius 1 is 1.06 bits per heavy atom. The second-order valence-corrected chi connectivity index (χ2v) is 11.6. The van der Waals surface area contributed by atoms with Crippen LogP contribution in [0.25, 0.3) is 10.2 Å². The van der Waals surface area contributed by atoms with Gasteiger partial charge in [0.1, 0.15) is 0 Å². The number of fused-ring (bicyclic) bond motifs is 1. The van der Waals surface area contributed by atoms with Crippen molar-refractivity contribution in [3.8, 4) is 0 Å². The van der Waals surface area contributed by atoms with Crippen molar-refractivity contribution in [2.45, 2.75) is 36.5 Å². The maximum Gasteiger partial charge on any atom is 0.228 e. The zero-order valence-corrected chi connectivity index (χ0v) is 21.8. The molecule has 1 aromatic heterocycles. The Kier molecular flexibility index (Phi) is 9.31. The molecule has 2 aromatic carbocycles. The van der Waals surface area contributed by atoms with Crippen LogP contribution >= 0.6 is 23.1 Å². The molecule has 0 unspecified atom stereocenters. The molecule has 0 bridgehead atoms. The Morgan fingerprint density at radius 3 is 2.45 bits per heavy atom. The molecule has 0 radical (unpaired) electrons. The maximum atomic E-state index is 13.2. The van der Waals surface area contributed by atoms with Gasteiger partial charge in [0.2, 0.25) is 5.91 Å². The predicted molar refractivity (Wildman–Crippen MR) is 139 cm³/mol. The number of hydrogen-bond acceptors (Lipinski definition) is 7. The van der Waals surface area contributed by atoms with Crippen LogP contribution in [0.4, 0.5) is 5.13 Å². The van der Waals surface area contributed by atoms with Gasteiger partial charge in [0.05, 0.1) is 20.9 Å². The van der Waals surface area contributed by atoms with E-state index in [0.717, 1.165) is 34.7 Å². The number of thiazole rings is 1. The Balaban J connectivity index is 1.75. The normalized spacial score (nSPS) is 11.9. The van der Waals surface area contributed by atoms with Crippen LogP contribution in [0, 0.1) is 0 Å². The summed E-state index contributed by atoms with van der Waals surface area (Å²) in [6.07, 6.45) is 2.47. The van der Waals surface area contributed by atoms with E-state index >= 15 is 0 Å². The topological polar surface area (TPSA) is 70.6 Å². The molecular formula is C24H31N3O3S3. The number of hydrogen-bond donors (Lipinski definition) is 0. The molecule has 1 heterocycles. The molecule has 0 fully saturated rings. The molecule has 0 aliphatic carbocycles. The second-order valence-electron chi connectivity index (χ2n) is 7.64. The number of nitrogens with zero attached hydrogens (tertiary/aromatic N) is 3. The summed E-state index contributed by atoms with van der Waals surface area (Å²) in [7, 11) is -3.40. The number of thioether (sulfide) groups is 1. The third-order valence-electron chi connectivity index (χ3n) is 5.56. The van der Waals surface area contributed by atoms with E-state index in [2.05, 4.69) is 24.8 Å². The molecule has 3 rings (SSSR count). The van der Waals surface area contributed by atoms with Crippen LogP contribution in [-0.2, 0) is 14.6 Å². The summed E-state index contributed by atoms with van der Waals surface area (Å²) in [4.78, 5) is 23.4. The van der Waals surface area contributed by atoms with Gasteiger partial charge in [0.25, 0.3) is 0 Å². The van der Waals surface area contributed by atoms with E-state index in [1.807, 2.05) is 18.4 Å². The number of anilines is 1. The summed E-state index contributed by atoms with van der Waals surface area (Å²) in [5, 5.41) is 0.673. The molecule has 0 saturated carbocycles. The van der Waals surface area contributed by atoms with Gasteiger partial charge in [-0.3, -0.25) is 9.69 Å². The number of aromatic nitrogens is 1. The zero-order chi connectivity index (χ0) is 23.8. The van der Waals surface area contributed by atoms with Crippen molar-refractivity contribution in [3.05, 3.63) is 48.5 Å². The highest BCUT2D eigenvalue weighted by molar-refractivity contribution is 7.98.